The van der Waals surface area contributed by atoms with E-state index in [9.17, 15) is 13.2 Å². The van der Waals surface area contributed by atoms with Crippen LogP contribution in [-0.4, -0.2) is 45.1 Å². The molecule has 0 atom stereocenters. The van der Waals surface area contributed by atoms with E-state index in [1.54, 1.807) is 13.0 Å². The third kappa shape index (κ3) is 4.44. The molecule has 1 heterocycles. The number of sulfonamides is 1. The minimum Gasteiger partial charge on any atom is -0.379 e. The number of urea groups is 1. The van der Waals surface area contributed by atoms with Crippen LogP contribution in [0.2, 0.25) is 5.02 Å². The Hall–Kier alpha value is -1.61. The molecule has 0 spiro atoms. The SMILES string of the molecule is C/C=C/NC(=O)Nc1cc(S(=O)(=O)N2CCOCC2)ccc1Cl. The van der Waals surface area contributed by atoms with E-state index in [0.717, 1.165) is 0 Å². The van der Waals surface area contributed by atoms with E-state index >= 15 is 0 Å². The fraction of sp³-hybridized carbons (Fsp3) is 0.357. The Kier molecular flexibility index (Phi) is 6.00. The lowest BCUT2D eigenvalue weighted by Gasteiger charge is -2.26. The van der Waals surface area contributed by atoms with Gasteiger partial charge in [0.1, 0.15) is 0 Å². The van der Waals surface area contributed by atoms with E-state index in [2.05, 4.69) is 10.6 Å². The fourth-order valence-electron chi connectivity index (χ4n) is 2.01. The van der Waals surface area contributed by atoms with Crippen molar-refractivity contribution in [3.05, 3.63) is 35.5 Å². The molecular weight excluding hydrogens is 342 g/mol. The predicted molar refractivity (Wildman–Crippen MR) is 88.0 cm³/mol. The Morgan fingerprint density at radius 1 is 1.35 bits per heavy atom. The van der Waals surface area contributed by atoms with Crippen molar-refractivity contribution in [2.45, 2.75) is 11.8 Å². The lowest BCUT2D eigenvalue weighted by Crippen LogP contribution is -2.40. The third-order valence-electron chi connectivity index (χ3n) is 3.17. The van der Waals surface area contributed by atoms with Gasteiger partial charge < -0.3 is 15.4 Å². The molecule has 0 unspecified atom stereocenters. The number of anilines is 1. The minimum atomic E-state index is -3.65. The first kappa shape index (κ1) is 17.7. The van der Waals surface area contributed by atoms with Crippen LogP contribution in [0, 0.1) is 0 Å². The highest BCUT2D eigenvalue weighted by Crippen LogP contribution is 2.27. The van der Waals surface area contributed by atoms with Gasteiger partial charge in [0.25, 0.3) is 0 Å². The number of morpholine rings is 1. The van der Waals surface area contributed by atoms with Gasteiger partial charge in [-0.3, -0.25) is 0 Å². The van der Waals surface area contributed by atoms with E-state index in [-0.39, 0.29) is 15.6 Å². The maximum atomic E-state index is 12.6. The number of allylic oxidation sites excluding steroid dienone is 1. The van der Waals surface area contributed by atoms with Crippen molar-refractivity contribution in [1.29, 1.82) is 0 Å². The van der Waals surface area contributed by atoms with Crippen molar-refractivity contribution in [1.82, 2.24) is 9.62 Å². The zero-order valence-electron chi connectivity index (χ0n) is 12.6. The second-order valence-corrected chi connectivity index (χ2v) is 7.10. The number of hydrogen-bond donors (Lipinski definition) is 2. The number of carbonyl (C=O) groups is 1. The molecular formula is C14H18ClN3O4S. The van der Waals surface area contributed by atoms with E-state index in [1.807, 2.05) is 0 Å². The second-order valence-electron chi connectivity index (χ2n) is 4.76. The van der Waals surface area contributed by atoms with Crippen molar-refractivity contribution < 1.29 is 17.9 Å². The normalized spacial score (nSPS) is 16.4. The molecule has 1 fully saturated rings. The molecule has 126 valence electrons. The fourth-order valence-corrected chi connectivity index (χ4v) is 3.61. The molecule has 0 aromatic heterocycles. The standard InChI is InChI=1S/C14H18ClN3O4S/c1-2-5-16-14(19)17-13-10-11(3-4-12(13)15)23(20,21)18-6-8-22-9-7-18/h2-5,10H,6-9H2,1H3,(H2,16,17,19)/b5-2+. The average molecular weight is 360 g/mol. The van der Waals surface area contributed by atoms with E-state index in [0.29, 0.717) is 26.3 Å². The van der Waals surface area contributed by atoms with Gasteiger partial charge in [0.05, 0.1) is 28.8 Å². The monoisotopic (exact) mass is 359 g/mol. The highest BCUT2D eigenvalue weighted by molar-refractivity contribution is 7.89. The van der Waals surface area contributed by atoms with Gasteiger partial charge in [-0.1, -0.05) is 17.7 Å². The van der Waals surface area contributed by atoms with E-state index < -0.39 is 16.1 Å². The minimum absolute atomic E-state index is 0.0742. The molecule has 1 aromatic rings. The first-order chi connectivity index (χ1) is 10.9. The molecule has 7 nitrogen and oxygen atoms in total. The summed E-state index contributed by atoms with van der Waals surface area (Å²) in [6.45, 7) is 3.08. The van der Waals surface area contributed by atoms with Crippen LogP contribution in [-0.2, 0) is 14.8 Å². The van der Waals surface area contributed by atoms with Crippen LogP contribution >= 0.6 is 11.6 Å². The van der Waals surface area contributed by atoms with E-state index in [1.165, 1.54) is 28.7 Å². The zero-order valence-corrected chi connectivity index (χ0v) is 14.2. The summed E-state index contributed by atoms with van der Waals surface area (Å²) in [4.78, 5) is 11.8. The molecule has 1 aromatic carbocycles. The van der Waals surface area contributed by atoms with Gasteiger partial charge in [0, 0.05) is 19.3 Å². The Morgan fingerprint density at radius 3 is 2.70 bits per heavy atom. The maximum Gasteiger partial charge on any atom is 0.323 e. The van der Waals surface area contributed by atoms with Gasteiger partial charge in [-0.15, -0.1) is 0 Å². The molecule has 2 amide bonds. The van der Waals surface area contributed by atoms with Crippen LogP contribution < -0.4 is 10.6 Å². The quantitative estimate of drug-likeness (QED) is 0.860. The smallest absolute Gasteiger partial charge is 0.323 e. The largest absolute Gasteiger partial charge is 0.379 e. The molecule has 23 heavy (non-hydrogen) atoms. The first-order valence-electron chi connectivity index (χ1n) is 7.01. The Balaban J connectivity index is 2.23. The summed E-state index contributed by atoms with van der Waals surface area (Å²) in [5.41, 5.74) is 0.225. The van der Waals surface area contributed by atoms with Crippen molar-refractivity contribution in [2.75, 3.05) is 31.6 Å². The number of rotatable bonds is 4. The van der Waals surface area contributed by atoms with Gasteiger partial charge in [-0.25, -0.2) is 13.2 Å². The number of benzene rings is 1. The summed E-state index contributed by atoms with van der Waals surface area (Å²) >= 11 is 6.02. The van der Waals surface area contributed by atoms with Crippen LogP contribution in [0.5, 0.6) is 0 Å². The highest BCUT2D eigenvalue weighted by Gasteiger charge is 2.27. The molecule has 1 aliphatic rings. The lowest BCUT2D eigenvalue weighted by atomic mass is 10.3. The number of hydrogen-bond acceptors (Lipinski definition) is 4. The first-order valence-corrected chi connectivity index (χ1v) is 8.83. The van der Waals surface area contributed by atoms with Crippen molar-refractivity contribution in [3.8, 4) is 0 Å². The number of nitrogens with zero attached hydrogens (tertiary/aromatic N) is 1. The maximum absolute atomic E-state index is 12.6. The summed E-state index contributed by atoms with van der Waals surface area (Å²) in [7, 11) is -3.65. The second kappa shape index (κ2) is 7.78. The van der Waals surface area contributed by atoms with Crippen molar-refractivity contribution >= 4 is 33.3 Å². The van der Waals surface area contributed by atoms with Crippen molar-refractivity contribution in [2.24, 2.45) is 0 Å². The zero-order chi connectivity index (χ0) is 16.9. The number of carbonyl (C=O) groups excluding carboxylic acids is 1. The van der Waals surface area contributed by atoms with Gasteiger partial charge in [0.15, 0.2) is 0 Å². The molecule has 0 bridgehead atoms. The summed E-state index contributed by atoms with van der Waals surface area (Å²) in [5.74, 6) is 0. The Bertz CT molecular complexity index is 700. The highest BCUT2D eigenvalue weighted by atomic mass is 35.5. The summed E-state index contributed by atoms with van der Waals surface area (Å²) in [5, 5.41) is 5.23. The summed E-state index contributed by atoms with van der Waals surface area (Å²) in [6, 6.07) is 3.70. The molecule has 2 N–H and O–H groups in total. The molecule has 9 heteroatoms. The molecule has 1 aliphatic heterocycles. The number of halogens is 1. The van der Waals surface area contributed by atoms with Gasteiger partial charge in [-0.2, -0.15) is 4.31 Å². The average Bonchev–Trinajstić information content (AvgIpc) is 2.55. The van der Waals surface area contributed by atoms with E-state index in [4.69, 9.17) is 16.3 Å². The Labute approximate surface area is 140 Å². The number of nitrogens with one attached hydrogen (secondary N) is 2. The summed E-state index contributed by atoms with van der Waals surface area (Å²) in [6.07, 6.45) is 3.11. The van der Waals surface area contributed by atoms with Crippen molar-refractivity contribution in [3.63, 3.8) is 0 Å². The van der Waals surface area contributed by atoms with Crippen LogP contribution in [0.4, 0.5) is 10.5 Å². The molecule has 0 aliphatic carbocycles. The van der Waals surface area contributed by atoms with Crippen LogP contribution in [0.3, 0.4) is 0 Å². The topological polar surface area (TPSA) is 87.7 Å². The Morgan fingerprint density at radius 2 is 2.04 bits per heavy atom. The lowest BCUT2D eigenvalue weighted by molar-refractivity contribution is 0.0730. The van der Waals surface area contributed by atoms with Gasteiger partial charge in [-0.05, 0) is 25.1 Å². The van der Waals surface area contributed by atoms with Crippen LogP contribution in [0.1, 0.15) is 6.92 Å². The van der Waals surface area contributed by atoms with Crippen LogP contribution in [0.15, 0.2) is 35.4 Å². The predicted octanol–water partition coefficient (Wildman–Crippen LogP) is 2.02. The molecule has 0 radical (unpaired) electrons. The molecule has 0 saturated carbocycles. The molecule has 1 saturated heterocycles. The van der Waals surface area contributed by atoms with Gasteiger partial charge >= 0.3 is 6.03 Å². The number of ether oxygens (including phenoxy) is 1. The van der Waals surface area contributed by atoms with Crippen LogP contribution in [0.25, 0.3) is 0 Å². The molecule has 2 rings (SSSR count). The number of amides is 2. The summed E-state index contributed by atoms with van der Waals surface area (Å²) < 4.78 is 31.7. The third-order valence-corrected chi connectivity index (χ3v) is 5.40. The van der Waals surface area contributed by atoms with Gasteiger partial charge in [0.2, 0.25) is 10.0 Å².